The minimum Gasteiger partial charge on any atom is -0.351 e. The molecule has 3 aromatic rings. The molecule has 0 spiro atoms. The quantitative estimate of drug-likeness (QED) is 0.406. The van der Waals surface area contributed by atoms with Crippen LogP contribution in [0.2, 0.25) is 5.02 Å². The molecule has 0 bridgehead atoms. The van der Waals surface area contributed by atoms with Crippen molar-refractivity contribution in [1.29, 1.82) is 0 Å². The topological polar surface area (TPSA) is 90.0 Å². The molecule has 2 aromatic carbocycles. The molecule has 1 aromatic heterocycles. The first-order valence-corrected chi connectivity index (χ1v) is 8.82. The van der Waals surface area contributed by atoms with Crippen molar-refractivity contribution in [3.63, 3.8) is 0 Å². The number of nitrogen functional groups attached to an aromatic ring is 1. The summed E-state index contributed by atoms with van der Waals surface area (Å²) in [6, 6.07) is 14.2. The van der Waals surface area contributed by atoms with Gasteiger partial charge < -0.3 is 11.2 Å². The van der Waals surface area contributed by atoms with Crippen LogP contribution >= 0.6 is 23.4 Å². The summed E-state index contributed by atoms with van der Waals surface area (Å²) in [6.07, 6.45) is 0. The standard InChI is InChI=1S/C17H15ClN4O2S/c18-12-7-5-11(6-8-12)9-20-15(23)10-25-17-21-14-4-2-1-3-13(14)16(24)22(17)19/h1-8H,9-10,19H2,(H,20,23). The SMILES string of the molecule is Nn1c(SCC(=O)NCc2ccc(Cl)cc2)nc2ccccc2c1=O. The average Bonchev–Trinajstić information content (AvgIpc) is 2.63. The number of benzene rings is 2. The lowest BCUT2D eigenvalue weighted by atomic mass is 10.2. The van der Waals surface area contributed by atoms with E-state index in [0.29, 0.717) is 27.6 Å². The molecule has 128 valence electrons. The summed E-state index contributed by atoms with van der Waals surface area (Å²) in [5.74, 6) is 5.72. The second-order valence-electron chi connectivity index (χ2n) is 5.28. The summed E-state index contributed by atoms with van der Waals surface area (Å²) in [5, 5.41) is 4.19. The smallest absolute Gasteiger partial charge is 0.280 e. The number of thioether (sulfide) groups is 1. The lowest BCUT2D eigenvalue weighted by Gasteiger charge is -2.09. The van der Waals surface area contributed by atoms with Gasteiger partial charge in [0.1, 0.15) is 0 Å². The molecule has 25 heavy (non-hydrogen) atoms. The van der Waals surface area contributed by atoms with Crippen molar-refractivity contribution in [1.82, 2.24) is 15.0 Å². The minimum atomic E-state index is -0.338. The Hall–Kier alpha value is -2.51. The molecule has 0 unspecified atom stereocenters. The van der Waals surface area contributed by atoms with Gasteiger partial charge in [0.2, 0.25) is 5.91 Å². The van der Waals surface area contributed by atoms with Crippen LogP contribution in [0, 0.1) is 0 Å². The second-order valence-corrected chi connectivity index (χ2v) is 6.66. The van der Waals surface area contributed by atoms with E-state index in [1.54, 1.807) is 36.4 Å². The van der Waals surface area contributed by atoms with E-state index in [1.807, 2.05) is 12.1 Å². The van der Waals surface area contributed by atoms with Crippen LogP contribution in [0.5, 0.6) is 0 Å². The maximum Gasteiger partial charge on any atom is 0.280 e. The first-order chi connectivity index (χ1) is 12.0. The normalized spacial score (nSPS) is 10.8. The van der Waals surface area contributed by atoms with Gasteiger partial charge in [-0.3, -0.25) is 9.59 Å². The lowest BCUT2D eigenvalue weighted by molar-refractivity contribution is -0.118. The van der Waals surface area contributed by atoms with Crippen LogP contribution in [0.4, 0.5) is 0 Å². The lowest BCUT2D eigenvalue weighted by Crippen LogP contribution is -2.31. The fourth-order valence-corrected chi connectivity index (χ4v) is 3.08. The van der Waals surface area contributed by atoms with Crippen molar-refractivity contribution < 1.29 is 4.79 Å². The first-order valence-electron chi connectivity index (χ1n) is 7.45. The molecule has 1 amide bonds. The number of nitrogens with zero attached hydrogens (tertiary/aromatic N) is 2. The molecule has 0 aliphatic rings. The van der Waals surface area contributed by atoms with E-state index in [1.165, 1.54) is 0 Å². The Morgan fingerprint density at radius 1 is 1.20 bits per heavy atom. The highest BCUT2D eigenvalue weighted by Gasteiger charge is 2.11. The van der Waals surface area contributed by atoms with Crippen molar-refractivity contribution >= 4 is 40.2 Å². The summed E-state index contributed by atoms with van der Waals surface area (Å²) in [7, 11) is 0. The van der Waals surface area contributed by atoms with Gasteiger partial charge in [-0.2, -0.15) is 0 Å². The number of fused-ring (bicyclic) bond motifs is 1. The highest BCUT2D eigenvalue weighted by Crippen LogP contribution is 2.16. The predicted molar refractivity (Wildman–Crippen MR) is 100 cm³/mol. The number of carbonyl (C=O) groups excluding carboxylic acids is 1. The summed E-state index contributed by atoms with van der Waals surface area (Å²) in [5.41, 5.74) is 1.16. The predicted octanol–water partition coefficient (Wildman–Crippen LogP) is 2.17. The van der Waals surface area contributed by atoms with Gasteiger partial charge in [0.05, 0.1) is 16.7 Å². The van der Waals surface area contributed by atoms with Gasteiger partial charge in [0.15, 0.2) is 5.16 Å². The van der Waals surface area contributed by atoms with Crippen LogP contribution in [0.3, 0.4) is 0 Å². The second kappa shape index (κ2) is 7.58. The average molecular weight is 375 g/mol. The number of aromatic nitrogens is 2. The van der Waals surface area contributed by atoms with Gasteiger partial charge in [0, 0.05) is 11.6 Å². The van der Waals surface area contributed by atoms with Gasteiger partial charge >= 0.3 is 0 Å². The summed E-state index contributed by atoms with van der Waals surface area (Å²) >= 11 is 6.94. The highest BCUT2D eigenvalue weighted by atomic mass is 35.5. The van der Waals surface area contributed by atoms with Gasteiger partial charge in [-0.05, 0) is 29.8 Å². The van der Waals surface area contributed by atoms with E-state index in [2.05, 4.69) is 10.3 Å². The van der Waals surface area contributed by atoms with Crippen LogP contribution < -0.4 is 16.7 Å². The number of nitrogens with two attached hydrogens (primary N) is 1. The number of halogens is 1. The molecule has 0 atom stereocenters. The molecule has 8 heteroatoms. The molecular formula is C17H15ClN4O2S. The maximum absolute atomic E-state index is 12.2. The van der Waals surface area contributed by atoms with E-state index < -0.39 is 0 Å². The van der Waals surface area contributed by atoms with Gasteiger partial charge in [-0.25, -0.2) is 9.66 Å². The van der Waals surface area contributed by atoms with Crippen molar-refractivity contribution in [2.75, 3.05) is 11.6 Å². The molecule has 3 N–H and O–H groups in total. The van der Waals surface area contributed by atoms with Crippen LogP contribution in [0.25, 0.3) is 10.9 Å². The Labute approximate surface area is 153 Å². The minimum absolute atomic E-state index is 0.107. The Bertz CT molecular complexity index is 973. The monoisotopic (exact) mass is 374 g/mol. The van der Waals surface area contributed by atoms with Crippen LogP contribution in [0.15, 0.2) is 58.5 Å². The highest BCUT2D eigenvalue weighted by molar-refractivity contribution is 7.99. The van der Waals surface area contributed by atoms with Crippen molar-refractivity contribution in [2.24, 2.45) is 0 Å². The molecule has 0 saturated carbocycles. The fourth-order valence-electron chi connectivity index (χ4n) is 2.21. The Kier molecular flexibility index (Phi) is 5.25. The third-order valence-corrected chi connectivity index (χ3v) is 4.72. The van der Waals surface area contributed by atoms with Crippen LogP contribution in [-0.4, -0.2) is 21.3 Å². The fraction of sp³-hybridized carbons (Fsp3) is 0.118. The van der Waals surface area contributed by atoms with Crippen molar-refractivity contribution in [3.8, 4) is 0 Å². The van der Waals surface area contributed by atoms with E-state index in [4.69, 9.17) is 17.4 Å². The zero-order valence-corrected chi connectivity index (χ0v) is 14.7. The maximum atomic E-state index is 12.2. The number of rotatable bonds is 5. The summed E-state index contributed by atoms with van der Waals surface area (Å²) in [6.45, 7) is 0.400. The van der Waals surface area contributed by atoms with Gasteiger partial charge in [-0.1, -0.05) is 47.6 Å². The summed E-state index contributed by atoms with van der Waals surface area (Å²) < 4.78 is 0.972. The van der Waals surface area contributed by atoms with Gasteiger partial charge in [-0.15, -0.1) is 0 Å². The molecule has 6 nitrogen and oxygen atoms in total. The molecule has 1 heterocycles. The molecule has 0 radical (unpaired) electrons. The molecule has 0 fully saturated rings. The number of para-hydroxylation sites is 1. The largest absolute Gasteiger partial charge is 0.351 e. The molecule has 0 saturated heterocycles. The Morgan fingerprint density at radius 3 is 2.68 bits per heavy atom. The van der Waals surface area contributed by atoms with Crippen LogP contribution in [0.1, 0.15) is 5.56 Å². The third-order valence-electron chi connectivity index (χ3n) is 3.51. The molecule has 3 rings (SSSR count). The number of carbonyl (C=O) groups is 1. The number of hydrogen-bond acceptors (Lipinski definition) is 5. The zero-order chi connectivity index (χ0) is 17.8. The van der Waals surface area contributed by atoms with Crippen molar-refractivity contribution in [2.45, 2.75) is 11.7 Å². The van der Waals surface area contributed by atoms with E-state index in [-0.39, 0.29) is 17.2 Å². The van der Waals surface area contributed by atoms with Gasteiger partial charge in [0.25, 0.3) is 5.56 Å². The number of hydrogen-bond donors (Lipinski definition) is 2. The molecule has 0 aliphatic carbocycles. The van der Waals surface area contributed by atoms with E-state index in [9.17, 15) is 9.59 Å². The van der Waals surface area contributed by atoms with E-state index >= 15 is 0 Å². The third kappa shape index (κ3) is 4.12. The van der Waals surface area contributed by atoms with Crippen molar-refractivity contribution in [3.05, 3.63) is 69.5 Å². The number of nitrogens with one attached hydrogen (secondary N) is 1. The summed E-state index contributed by atoms with van der Waals surface area (Å²) in [4.78, 5) is 28.5. The van der Waals surface area contributed by atoms with Crippen LogP contribution in [-0.2, 0) is 11.3 Å². The Balaban J connectivity index is 1.64. The first kappa shape index (κ1) is 17.3. The van der Waals surface area contributed by atoms with E-state index in [0.717, 1.165) is 22.0 Å². The number of amides is 1. The Morgan fingerprint density at radius 2 is 1.92 bits per heavy atom. The molecule has 0 aliphatic heterocycles. The zero-order valence-electron chi connectivity index (χ0n) is 13.1. The molecular weight excluding hydrogens is 360 g/mol.